The molecule has 2 aromatic heterocycles. The molecule has 2 amide bonds. The molecular weight excluding hydrogens is 424 g/mol. The number of fused-ring (bicyclic) bond motifs is 1. The van der Waals surface area contributed by atoms with Gasteiger partial charge in [0, 0.05) is 35.8 Å². The summed E-state index contributed by atoms with van der Waals surface area (Å²) in [5.74, 6) is 0.853. The van der Waals surface area contributed by atoms with E-state index in [1.54, 1.807) is 14.2 Å². The lowest BCUT2D eigenvalue weighted by atomic mass is 9.99. The van der Waals surface area contributed by atoms with E-state index in [-0.39, 0.29) is 23.8 Å². The molecular formula is C24H26N4O5. The van der Waals surface area contributed by atoms with E-state index in [0.717, 1.165) is 29.7 Å². The number of benzene rings is 1. The van der Waals surface area contributed by atoms with Gasteiger partial charge in [-0.3, -0.25) is 9.59 Å². The number of nitrogens with zero attached hydrogens (tertiary/aromatic N) is 1. The van der Waals surface area contributed by atoms with Crippen molar-refractivity contribution in [1.82, 2.24) is 15.3 Å². The minimum Gasteiger partial charge on any atom is -0.497 e. The number of aromatic nitrogens is 2. The van der Waals surface area contributed by atoms with Crippen LogP contribution in [0.15, 0.2) is 30.5 Å². The number of H-pyrrole nitrogens is 1. The molecule has 0 radical (unpaired) electrons. The average molecular weight is 450 g/mol. The lowest BCUT2D eigenvalue weighted by Crippen LogP contribution is -2.22. The Morgan fingerprint density at radius 3 is 2.76 bits per heavy atom. The van der Waals surface area contributed by atoms with Gasteiger partial charge in [-0.25, -0.2) is 4.98 Å². The number of hydrogen-bond donors (Lipinski definition) is 3. The predicted octanol–water partition coefficient (Wildman–Crippen LogP) is 3.03. The molecule has 9 nitrogen and oxygen atoms in total. The molecule has 3 N–H and O–H groups in total. The maximum absolute atomic E-state index is 12.5. The summed E-state index contributed by atoms with van der Waals surface area (Å²) in [6.07, 6.45) is 3.02. The summed E-state index contributed by atoms with van der Waals surface area (Å²) in [5.41, 5.74) is 3.61. The highest BCUT2D eigenvalue weighted by Crippen LogP contribution is 2.37. The number of carbonyl (C=O) groups is 2. The van der Waals surface area contributed by atoms with Gasteiger partial charge in [-0.1, -0.05) is 0 Å². The quantitative estimate of drug-likeness (QED) is 0.532. The topological polar surface area (TPSA) is 115 Å². The van der Waals surface area contributed by atoms with Crippen LogP contribution in [0.4, 0.5) is 5.82 Å². The highest BCUT2D eigenvalue weighted by molar-refractivity contribution is 6.11. The minimum absolute atomic E-state index is 0.0338. The van der Waals surface area contributed by atoms with Gasteiger partial charge in [0.25, 0.3) is 5.91 Å². The highest BCUT2D eigenvalue weighted by atomic mass is 16.6. The normalized spacial score (nSPS) is 18.2. The molecule has 2 fully saturated rings. The summed E-state index contributed by atoms with van der Waals surface area (Å²) in [6, 6.07) is 7.67. The van der Waals surface area contributed by atoms with Crippen molar-refractivity contribution in [3.8, 4) is 17.0 Å². The van der Waals surface area contributed by atoms with Gasteiger partial charge in [0.15, 0.2) is 5.82 Å². The number of ether oxygens (including phenoxy) is 3. The SMILES string of the molecule is CNC(=O)c1cnc(NC(=O)C2CC2)c2[nH]c(-c3ccc(OC)cc3[C@@H]3COCCO3)cc12. The summed E-state index contributed by atoms with van der Waals surface area (Å²) in [4.78, 5) is 32.7. The Morgan fingerprint density at radius 2 is 2.06 bits per heavy atom. The molecule has 1 aromatic carbocycles. The number of hydrogen-bond acceptors (Lipinski definition) is 6. The van der Waals surface area contributed by atoms with Gasteiger partial charge >= 0.3 is 0 Å². The molecule has 3 heterocycles. The molecule has 0 bridgehead atoms. The van der Waals surface area contributed by atoms with Crippen LogP contribution in [0.2, 0.25) is 0 Å². The van der Waals surface area contributed by atoms with E-state index in [9.17, 15) is 9.59 Å². The van der Waals surface area contributed by atoms with Gasteiger partial charge in [0.2, 0.25) is 5.91 Å². The van der Waals surface area contributed by atoms with Crippen LogP contribution < -0.4 is 15.4 Å². The second-order valence-corrected chi connectivity index (χ2v) is 8.22. The first kappa shape index (κ1) is 21.4. The Hall–Kier alpha value is -3.43. The van der Waals surface area contributed by atoms with Crippen molar-refractivity contribution in [2.24, 2.45) is 5.92 Å². The number of nitrogens with one attached hydrogen (secondary N) is 3. The third-order valence-electron chi connectivity index (χ3n) is 6.04. The lowest BCUT2D eigenvalue weighted by molar-refractivity contribution is -0.117. The zero-order valence-electron chi connectivity index (χ0n) is 18.6. The zero-order chi connectivity index (χ0) is 22.9. The molecule has 0 spiro atoms. The molecule has 5 rings (SSSR count). The molecule has 1 aliphatic carbocycles. The van der Waals surface area contributed by atoms with Gasteiger partial charge in [-0.2, -0.15) is 0 Å². The molecule has 9 heteroatoms. The molecule has 3 aromatic rings. The Labute approximate surface area is 190 Å². The van der Waals surface area contributed by atoms with Gasteiger partial charge < -0.3 is 29.8 Å². The van der Waals surface area contributed by atoms with Crippen LogP contribution in [0.5, 0.6) is 5.75 Å². The van der Waals surface area contributed by atoms with Crippen molar-refractivity contribution in [3.63, 3.8) is 0 Å². The second kappa shape index (κ2) is 8.84. The fraction of sp³-hybridized carbons (Fsp3) is 0.375. The fourth-order valence-electron chi connectivity index (χ4n) is 4.08. The maximum atomic E-state index is 12.5. The summed E-state index contributed by atoms with van der Waals surface area (Å²) in [6.45, 7) is 1.51. The van der Waals surface area contributed by atoms with Crippen molar-refractivity contribution in [3.05, 3.63) is 41.6 Å². The van der Waals surface area contributed by atoms with E-state index in [1.165, 1.54) is 6.20 Å². The standard InChI is InChI=1S/C24H26N4O5/c1-25-24(30)18-11-26-22(28-23(29)13-3-4-13)21-17(18)10-19(27-21)15-6-5-14(31-2)9-16(15)20-12-32-7-8-33-20/h5-6,9-11,13,20,27H,3-4,7-8,12H2,1-2H3,(H,25,30)(H,26,28,29)/t20-/m0/s1. The third-order valence-corrected chi connectivity index (χ3v) is 6.04. The monoisotopic (exact) mass is 450 g/mol. The molecule has 172 valence electrons. The van der Waals surface area contributed by atoms with E-state index in [0.29, 0.717) is 47.9 Å². The number of amides is 2. The van der Waals surface area contributed by atoms with Crippen molar-refractivity contribution in [1.29, 1.82) is 0 Å². The number of anilines is 1. The number of pyridine rings is 1. The van der Waals surface area contributed by atoms with Crippen LogP contribution in [0.25, 0.3) is 22.2 Å². The summed E-state index contributed by atoms with van der Waals surface area (Å²) in [5, 5.41) is 6.24. The molecule has 1 saturated carbocycles. The number of methoxy groups -OCH3 is 1. The minimum atomic E-state index is -0.253. The average Bonchev–Trinajstić information content (AvgIpc) is 3.62. The smallest absolute Gasteiger partial charge is 0.253 e. The number of carbonyl (C=O) groups excluding carboxylic acids is 2. The van der Waals surface area contributed by atoms with Crippen LogP contribution in [0.1, 0.15) is 34.9 Å². The Morgan fingerprint density at radius 1 is 1.21 bits per heavy atom. The maximum Gasteiger partial charge on any atom is 0.253 e. The predicted molar refractivity (Wildman–Crippen MR) is 122 cm³/mol. The molecule has 0 unspecified atom stereocenters. The summed E-state index contributed by atoms with van der Waals surface area (Å²) in [7, 11) is 3.20. The first-order valence-electron chi connectivity index (χ1n) is 11.0. The van der Waals surface area contributed by atoms with Crippen LogP contribution in [0, 0.1) is 5.92 Å². The van der Waals surface area contributed by atoms with E-state index < -0.39 is 0 Å². The number of rotatable bonds is 6. The van der Waals surface area contributed by atoms with E-state index in [2.05, 4.69) is 20.6 Å². The first-order chi connectivity index (χ1) is 16.1. The van der Waals surface area contributed by atoms with Crippen LogP contribution in [-0.4, -0.2) is 55.8 Å². The van der Waals surface area contributed by atoms with E-state index >= 15 is 0 Å². The van der Waals surface area contributed by atoms with Crippen LogP contribution in [-0.2, 0) is 14.3 Å². The van der Waals surface area contributed by atoms with Crippen molar-refractivity contribution >= 4 is 28.5 Å². The molecule has 2 aliphatic rings. The third kappa shape index (κ3) is 4.17. The van der Waals surface area contributed by atoms with Gasteiger partial charge in [0.05, 0.1) is 38.0 Å². The van der Waals surface area contributed by atoms with Gasteiger partial charge in [0.1, 0.15) is 11.9 Å². The second-order valence-electron chi connectivity index (χ2n) is 8.22. The summed E-state index contributed by atoms with van der Waals surface area (Å²) < 4.78 is 17.0. The Bertz CT molecular complexity index is 1210. The Balaban J connectivity index is 1.63. The van der Waals surface area contributed by atoms with E-state index in [4.69, 9.17) is 14.2 Å². The van der Waals surface area contributed by atoms with Crippen molar-refractivity contribution < 1.29 is 23.8 Å². The van der Waals surface area contributed by atoms with Gasteiger partial charge in [-0.05, 0) is 42.7 Å². The molecule has 1 saturated heterocycles. The van der Waals surface area contributed by atoms with Crippen molar-refractivity contribution in [2.75, 3.05) is 39.3 Å². The van der Waals surface area contributed by atoms with E-state index in [1.807, 2.05) is 24.3 Å². The number of aromatic amines is 1. The molecule has 1 aliphatic heterocycles. The Kier molecular flexibility index (Phi) is 5.74. The fourth-order valence-corrected chi connectivity index (χ4v) is 4.08. The summed E-state index contributed by atoms with van der Waals surface area (Å²) >= 11 is 0. The van der Waals surface area contributed by atoms with Crippen LogP contribution >= 0.6 is 0 Å². The molecule has 33 heavy (non-hydrogen) atoms. The zero-order valence-corrected chi connectivity index (χ0v) is 18.6. The highest BCUT2D eigenvalue weighted by Gasteiger charge is 2.31. The first-order valence-corrected chi connectivity index (χ1v) is 11.0. The van der Waals surface area contributed by atoms with Crippen LogP contribution in [0.3, 0.4) is 0 Å². The lowest BCUT2D eigenvalue weighted by Gasteiger charge is -2.25. The molecule has 1 atom stereocenters. The van der Waals surface area contributed by atoms with Gasteiger partial charge in [-0.15, -0.1) is 0 Å². The van der Waals surface area contributed by atoms with Crippen molar-refractivity contribution in [2.45, 2.75) is 18.9 Å². The largest absolute Gasteiger partial charge is 0.497 e.